The van der Waals surface area contributed by atoms with Crippen LogP contribution in [0.2, 0.25) is 5.02 Å². The number of benzene rings is 2. The monoisotopic (exact) mass is 407 g/mol. The molecule has 1 fully saturated rings. The number of hydrogen-bond acceptors (Lipinski definition) is 4. The van der Waals surface area contributed by atoms with Gasteiger partial charge in [0.05, 0.1) is 0 Å². The number of piperidine rings is 1. The molecule has 2 atom stereocenters. The zero-order valence-corrected chi connectivity index (χ0v) is 17.1. The number of halogens is 1. The molecule has 0 aliphatic carbocycles. The van der Waals surface area contributed by atoms with Crippen LogP contribution < -0.4 is 4.74 Å². The van der Waals surface area contributed by atoms with Crippen LogP contribution in [0.25, 0.3) is 0 Å². The molecule has 4 nitrogen and oxygen atoms in total. The van der Waals surface area contributed by atoms with E-state index in [1.807, 2.05) is 18.2 Å². The lowest BCUT2D eigenvalue weighted by atomic mass is 9.93. The Labute approximate surface area is 168 Å². The van der Waals surface area contributed by atoms with Crippen molar-refractivity contribution in [2.75, 3.05) is 32.5 Å². The Kier molecular flexibility index (Phi) is 6.93. The summed E-state index contributed by atoms with van der Waals surface area (Å²) in [5, 5.41) is 11.7. The maximum absolute atomic E-state index is 11.4. The molecule has 1 aliphatic rings. The van der Waals surface area contributed by atoms with E-state index in [0.29, 0.717) is 12.3 Å². The average Bonchev–Trinajstić information content (AvgIpc) is 2.65. The molecule has 0 radical (unpaired) electrons. The van der Waals surface area contributed by atoms with Gasteiger partial charge in [-0.1, -0.05) is 23.7 Å². The van der Waals surface area contributed by atoms with E-state index in [4.69, 9.17) is 16.3 Å². The third kappa shape index (κ3) is 6.04. The Morgan fingerprint density at radius 1 is 1.26 bits per heavy atom. The summed E-state index contributed by atoms with van der Waals surface area (Å²) in [5.41, 5.74) is 0.361. The largest absolute Gasteiger partial charge is 0.491 e. The molecular weight excluding hydrogens is 382 g/mol. The topological polar surface area (TPSA) is 49.8 Å². The zero-order valence-electron chi connectivity index (χ0n) is 15.6. The van der Waals surface area contributed by atoms with Crippen molar-refractivity contribution in [2.24, 2.45) is 0 Å². The van der Waals surface area contributed by atoms with Crippen LogP contribution in [0.4, 0.5) is 0 Å². The first-order chi connectivity index (χ1) is 12.9. The van der Waals surface area contributed by atoms with Crippen molar-refractivity contribution in [1.82, 2.24) is 4.90 Å². The van der Waals surface area contributed by atoms with Gasteiger partial charge in [-0.3, -0.25) is 4.21 Å². The van der Waals surface area contributed by atoms with E-state index >= 15 is 0 Å². The Morgan fingerprint density at radius 3 is 2.74 bits per heavy atom. The first-order valence-electron chi connectivity index (χ1n) is 9.19. The van der Waals surface area contributed by atoms with E-state index in [1.54, 1.807) is 30.5 Å². The smallest absolute Gasteiger partial charge is 0.119 e. The summed E-state index contributed by atoms with van der Waals surface area (Å²) in [5.74, 6) is 0.689. The summed E-state index contributed by atoms with van der Waals surface area (Å²) in [4.78, 5) is 3.06. The standard InChI is InChI=1S/C21H26ClNO3S/c1-27(25)20-8-6-19(7-9-20)26-16-21(24)11-3-12-23(15-21)13-10-17-4-2-5-18(22)14-17/h2,4-9,14,24H,3,10-13,15-16H2,1H3. The number of ether oxygens (including phenoxy) is 1. The average molecular weight is 408 g/mol. The second kappa shape index (κ2) is 9.20. The van der Waals surface area contributed by atoms with Gasteiger partial charge < -0.3 is 14.7 Å². The third-order valence-corrected chi connectivity index (χ3v) is 6.07. The van der Waals surface area contributed by atoms with Gasteiger partial charge in [0.15, 0.2) is 0 Å². The molecular formula is C21H26ClNO3S. The number of hydrogen-bond donors (Lipinski definition) is 1. The summed E-state index contributed by atoms with van der Waals surface area (Å²) in [6.07, 6.45) is 4.24. The van der Waals surface area contributed by atoms with Gasteiger partial charge in [-0.05, 0) is 67.8 Å². The molecule has 0 aromatic heterocycles. The fraction of sp³-hybridized carbons (Fsp3) is 0.429. The molecule has 146 valence electrons. The molecule has 2 aromatic carbocycles. The summed E-state index contributed by atoms with van der Waals surface area (Å²) in [6.45, 7) is 2.74. The van der Waals surface area contributed by atoms with Crippen LogP contribution in [-0.4, -0.2) is 52.3 Å². The second-order valence-electron chi connectivity index (χ2n) is 7.20. The highest BCUT2D eigenvalue weighted by Gasteiger charge is 2.34. The van der Waals surface area contributed by atoms with Crippen molar-refractivity contribution in [3.8, 4) is 5.75 Å². The van der Waals surface area contributed by atoms with Crippen molar-refractivity contribution in [2.45, 2.75) is 29.8 Å². The van der Waals surface area contributed by atoms with Gasteiger partial charge >= 0.3 is 0 Å². The highest BCUT2D eigenvalue weighted by molar-refractivity contribution is 7.84. The minimum Gasteiger partial charge on any atom is -0.491 e. The first kappa shape index (κ1) is 20.3. The predicted octanol–water partition coefficient (Wildman–Crippen LogP) is 3.53. The van der Waals surface area contributed by atoms with E-state index in [-0.39, 0.29) is 6.61 Å². The highest BCUT2D eigenvalue weighted by atomic mass is 35.5. The number of aliphatic hydroxyl groups is 1. The number of β-amino-alcohol motifs (C(OH)–C–C–N with tert-alkyl or cyclic N) is 1. The number of likely N-dealkylation sites (tertiary alicyclic amines) is 1. The van der Waals surface area contributed by atoms with Crippen molar-refractivity contribution in [1.29, 1.82) is 0 Å². The number of nitrogens with zero attached hydrogens (tertiary/aromatic N) is 1. The molecule has 0 bridgehead atoms. The van der Waals surface area contributed by atoms with Gasteiger partial charge in [-0.25, -0.2) is 0 Å². The first-order valence-corrected chi connectivity index (χ1v) is 11.1. The molecule has 2 unspecified atom stereocenters. The molecule has 1 N–H and O–H groups in total. The molecule has 2 aromatic rings. The van der Waals surface area contributed by atoms with E-state index in [9.17, 15) is 9.32 Å². The minimum absolute atomic E-state index is 0.259. The molecule has 1 heterocycles. The molecule has 1 aliphatic heterocycles. The van der Waals surface area contributed by atoms with Gasteiger partial charge in [0.25, 0.3) is 0 Å². The van der Waals surface area contributed by atoms with E-state index in [2.05, 4.69) is 11.0 Å². The van der Waals surface area contributed by atoms with Crippen LogP contribution in [-0.2, 0) is 17.2 Å². The third-order valence-electron chi connectivity index (χ3n) is 4.90. The molecule has 0 spiro atoms. The van der Waals surface area contributed by atoms with E-state index in [1.165, 1.54) is 5.56 Å². The van der Waals surface area contributed by atoms with Gasteiger partial charge in [0, 0.05) is 40.1 Å². The van der Waals surface area contributed by atoms with Crippen LogP contribution in [0.3, 0.4) is 0 Å². The molecule has 27 heavy (non-hydrogen) atoms. The highest BCUT2D eigenvalue weighted by Crippen LogP contribution is 2.24. The van der Waals surface area contributed by atoms with Crippen LogP contribution in [0.1, 0.15) is 18.4 Å². The van der Waals surface area contributed by atoms with Crippen molar-refractivity contribution < 1.29 is 14.1 Å². The Hall–Kier alpha value is -1.40. The maximum Gasteiger partial charge on any atom is 0.119 e. The van der Waals surface area contributed by atoms with E-state index < -0.39 is 16.4 Å². The lowest BCUT2D eigenvalue weighted by molar-refractivity contribution is -0.0598. The van der Waals surface area contributed by atoms with Crippen LogP contribution in [0, 0.1) is 0 Å². The maximum atomic E-state index is 11.4. The van der Waals surface area contributed by atoms with Crippen molar-refractivity contribution >= 4 is 22.4 Å². The second-order valence-corrected chi connectivity index (χ2v) is 9.01. The van der Waals surface area contributed by atoms with Crippen LogP contribution >= 0.6 is 11.6 Å². The van der Waals surface area contributed by atoms with Gasteiger partial charge in [-0.15, -0.1) is 0 Å². The zero-order chi connectivity index (χ0) is 19.3. The summed E-state index contributed by atoms with van der Waals surface area (Å²) >= 11 is 6.05. The normalized spacial score (nSPS) is 21.7. The summed E-state index contributed by atoms with van der Waals surface area (Å²) in [7, 11) is -0.998. The molecule has 1 saturated heterocycles. The van der Waals surface area contributed by atoms with Gasteiger partial charge in [0.1, 0.15) is 18.0 Å². The van der Waals surface area contributed by atoms with Gasteiger partial charge in [-0.2, -0.15) is 0 Å². The minimum atomic E-state index is -0.998. The van der Waals surface area contributed by atoms with Crippen molar-refractivity contribution in [3.63, 3.8) is 0 Å². The Morgan fingerprint density at radius 2 is 2.04 bits per heavy atom. The predicted molar refractivity (Wildman–Crippen MR) is 110 cm³/mol. The fourth-order valence-corrected chi connectivity index (χ4v) is 4.17. The lowest BCUT2D eigenvalue weighted by Crippen LogP contribution is -2.52. The summed E-state index contributed by atoms with van der Waals surface area (Å²) < 4.78 is 17.3. The molecule has 6 heteroatoms. The summed E-state index contributed by atoms with van der Waals surface area (Å²) in [6, 6.07) is 15.1. The molecule has 0 amide bonds. The molecule has 3 rings (SSSR count). The van der Waals surface area contributed by atoms with Crippen LogP contribution in [0.5, 0.6) is 5.75 Å². The fourth-order valence-electron chi connectivity index (χ4n) is 3.44. The van der Waals surface area contributed by atoms with Crippen molar-refractivity contribution in [3.05, 3.63) is 59.1 Å². The van der Waals surface area contributed by atoms with Crippen LogP contribution in [0.15, 0.2) is 53.4 Å². The molecule has 0 saturated carbocycles. The lowest BCUT2D eigenvalue weighted by Gasteiger charge is -2.39. The Balaban J connectivity index is 1.51. The van der Waals surface area contributed by atoms with Gasteiger partial charge in [0.2, 0.25) is 0 Å². The number of rotatable bonds is 7. The quantitative estimate of drug-likeness (QED) is 0.762. The van der Waals surface area contributed by atoms with E-state index in [0.717, 1.165) is 42.3 Å². The SMILES string of the molecule is CS(=O)c1ccc(OCC2(O)CCCN(CCc3cccc(Cl)c3)C2)cc1. The Bertz CT molecular complexity index is 783.